The molecule has 1 fully saturated rings. The first kappa shape index (κ1) is 20.0. The number of nitrogens with zero attached hydrogens (tertiary/aromatic N) is 1. The van der Waals surface area contributed by atoms with Gasteiger partial charge in [-0.1, -0.05) is 0 Å². The van der Waals surface area contributed by atoms with Crippen LogP contribution >= 0.6 is 0 Å². The Morgan fingerprint density at radius 2 is 1.79 bits per heavy atom. The Kier molecular flexibility index (Phi) is 6.76. The number of hydrogen-bond donors (Lipinski definition) is 1. The van der Waals surface area contributed by atoms with E-state index in [-0.39, 0.29) is 5.91 Å². The Hall–Kier alpha value is -2.73. The van der Waals surface area contributed by atoms with Crippen LogP contribution in [-0.2, 0) is 11.3 Å². The number of benzene rings is 2. The van der Waals surface area contributed by atoms with Crippen molar-refractivity contribution in [1.29, 1.82) is 0 Å². The summed E-state index contributed by atoms with van der Waals surface area (Å²) in [5.41, 5.74) is 1.78. The molecule has 0 atom stereocenters. The molecule has 0 spiro atoms. The van der Waals surface area contributed by atoms with Crippen LogP contribution < -0.4 is 19.5 Å². The summed E-state index contributed by atoms with van der Waals surface area (Å²) < 4.78 is 16.3. The summed E-state index contributed by atoms with van der Waals surface area (Å²) in [6.07, 6.45) is 2.23. The number of methoxy groups -OCH3 is 2. The Morgan fingerprint density at radius 3 is 2.39 bits per heavy atom. The monoisotopic (exact) mass is 384 g/mol. The van der Waals surface area contributed by atoms with Gasteiger partial charge in [0.25, 0.3) is 0 Å². The van der Waals surface area contributed by atoms with Gasteiger partial charge in [0.1, 0.15) is 17.2 Å². The second-order valence-corrected chi connectivity index (χ2v) is 6.82. The van der Waals surface area contributed by atoms with Crippen molar-refractivity contribution in [2.75, 3.05) is 32.7 Å². The molecule has 0 aliphatic heterocycles. The maximum Gasteiger partial charge on any atom is 0.238 e. The second-order valence-electron chi connectivity index (χ2n) is 6.82. The molecule has 6 nitrogen and oxygen atoms in total. The maximum absolute atomic E-state index is 12.6. The van der Waals surface area contributed by atoms with Crippen LogP contribution in [0.3, 0.4) is 0 Å². The molecule has 1 amide bonds. The van der Waals surface area contributed by atoms with E-state index in [0.29, 0.717) is 25.7 Å². The number of carbonyl (C=O) groups is 1. The van der Waals surface area contributed by atoms with Crippen LogP contribution in [0.15, 0.2) is 42.5 Å². The van der Waals surface area contributed by atoms with Crippen molar-refractivity contribution in [3.63, 3.8) is 0 Å². The van der Waals surface area contributed by atoms with Gasteiger partial charge in [-0.15, -0.1) is 0 Å². The minimum Gasteiger partial charge on any atom is -0.497 e. The number of rotatable bonds is 10. The Bertz CT molecular complexity index is 788. The minimum absolute atomic E-state index is 0.0297. The molecular weight excluding hydrogens is 356 g/mol. The summed E-state index contributed by atoms with van der Waals surface area (Å²) in [5.74, 6) is 2.35. The fourth-order valence-electron chi connectivity index (χ4n) is 3.16. The topological polar surface area (TPSA) is 60.0 Å². The molecule has 1 aliphatic carbocycles. The van der Waals surface area contributed by atoms with Crippen molar-refractivity contribution in [2.24, 2.45) is 0 Å². The quantitative estimate of drug-likeness (QED) is 0.677. The zero-order valence-corrected chi connectivity index (χ0v) is 16.7. The van der Waals surface area contributed by atoms with Crippen molar-refractivity contribution < 1.29 is 19.0 Å². The summed E-state index contributed by atoms with van der Waals surface area (Å²) in [6.45, 7) is 3.54. The Balaban J connectivity index is 1.64. The first-order chi connectivity index (χ1) is 13.6. The second kappa shape index (κ2) is 9.46. The first-order valence-corrected chi connectivity index (χ1v) is 9.60. The molecule has 2 aromatic rings. The molecule has 0 heterocycles. The fourth-order valence-corrected chi connectivity index (χ4v) is 3.16. The summed E-state index contributed by atoms with van der Waals surface area (Å²) in [5, 5.41) is 2.97. The van der Waals surface area contributed by atoms with Crippen LogP contribution in [0.2, 0.25) is 0 Å². The lowest BCUT2D eigenvalue weighted by Crippen LogP contribution is -2.34. The average Bonchev–Trinajstić information content (AvgIpc) is 3.54. The first-order valence-electron chi connectivity index (χ1n) is 9.60. The summed E-state index contributed by atoms with van der Waals surface area (Å²) >= 11 is 0. The van der Waals surface area contributed by atoms with E-state index in [9.17, 15) is 4.79 Å². The molecule has 0 unspecified atom stereocenters. The van der Waals surface area contributed by atoms with E-state index in [4.69, 9.17) is 14.2 Å². The lowest BCUT2D eigenvalue weighted by atomic mass is 10.1. The predicted octanol–water partition coefficient (Wildman–Crippen LogP) is 3.71. The number of hydrogen-bond acceptors (Lipinski definition) is 5. The normalized spacial score (nSPS) is 13.3. The molecule has 0 aromatic heterocycles. The molecule has 0 radical (unpaired) electrons. The van der Waals surface area contributed by atoms with Crippen LogP contribution in [0.1, 0.15) is 25.3 Å². The highest BCUT2D eigenvalue weighted by atomic mass is 16.5. The van der Waals surface area contributed by atoms with Gasteiger partial charge in [0.05, 0.1) is 27.4 Å². The van der Waals surface area contributed by atoms with E-state index in [0.717, 1.165) is 41.3 Å². The zero-order valence-electron chi connectivity index (χ0n) is 16.7. The van der Waals surface area contributed by atoms with Crippen LogP contribution in [-0.4, -0.2) is 44.2 Å². The highest BCUT2D eigenvalue weighted by molar-refractivity contribution is 5.92. The third kappa shape index (κ3) is 5.39. The van der Waals surface area contributed by atoms with Crippen molar-refractivity contribution in [2.45, 2.75) is 32.4 Å². The van der Waals surface area contributed by atoms with E-state index >= 15 is 0 Å². The molecule has 1 N–H and O–H groups in total. The molecule has 1 aliphatic rings. The molecule has 150 valence electrons. The van der Waals surface area contributed by atoms with Gasteiger partial charge in [0.15, 0.2) is 0 Å². The third-order valence-corrected chi connectivity index (χ3v) is 4.72. The van der Waals surface area contributed by atoms with E-state index in [1.165, 1.54) is 0 Å². The number of carbonyl (C=O) groups excluding carboxylic acids is 1. The third-order valence-electron chi connectivity index (χ3n) is 4.72. The highest BCUT2D eigenvalue weighted by Crippen LogP contribution is 2.31. The molecule has 1 saturated carbocycles. The van der Waals surface area contributed by atoms with Crippen molar-refractivity contribution in [3.05, 3.63) is 48.0 Å². The lowest BCUT2D eigenvalue weighted by molar-refractivity contribution is -0.117. The number of ether oxygens (including phenoxy) is 3. The van der Waals surface area contributed by atoms with Crippen molar-refractivity contribution >= 4 is 11.6 Å². The van der Waals surface area contributed by atoms with Crippen molar-refractivity contribution in [1.82, 2.24) is 4.90 Å². The van der Waals surface area contributed by atoms with Gasteiger partial charge in [-0.05, 0) is 62.2 Å². The zero-order chi connectivity index (χ0) is 19.9. The van der Waals surface area contributed by atoms with Gasteiger partial charge < -0.3 is 19.5 Å². The van der Waals surface area contributed by atoms with E-state index in [2.05, 4.69) is 10.2 Å². The van der Waals surface area contributed by atoms with Gasteiger partial charge in [-0.2, -0.15) is 0 Å². The molecule has 28 heavy (non-hydrogen) atoms. The molecule has 0 bridgehead atoms. The van der Waals surface area contributed by atoms with Crippen LogP contribution in [0.5, 0.6) is 17.2 Å². The molecule has 0 saturated heterocycles. The van der Waals surface area contributed by atoms with Gasteiger partial charge in [-0.25, -0.2) is 0 Å². The molecule has 3 rings (SSSR count). The summed E-state index contributed by atoms with van der Waals surface area (Å²) in [7, 11) is 3.31. The van der Waals surface area contributed by atoms with E-state index in [1.807, 2.05) is 49.4 Å². The average molecular weight is 384 g/mol. The molecule has 2 aromatic carbocycles. The predicted molar refractivity (Wildman–Crippen MR) is 109 cm³/mol. The summed E-state index contributed by atoms with van der Waals surface area (Å²) in [6, 6.07) is 13.6. The minimum atomic E-state index is -0.0297. The van der Waals surface area contributed by atoms with Gasteiger partial charge in [-0.3, -0.25) is 9.69 Å². The van der Waals surface area contributed by atoms with E-state index < -0.39 is 0 Å². The van der Waals surface area contributed by atoms with Gasteiger partial charge in [0, 0.05) is 23.8 Å². The van der Waals surface area contributed by atoms with Crippen LogP contribution in [0, 0.1) is 0 Å². The molecule has 6 heteroatoms. The smallest absolute Gasteiger partial charge is 0.238 e. The van der Waals surface area contributed by atoms with Gasteiger partial charge >= 0.3 is 0 Å². The Labute approximate surface area is 166 Å². The van der Waals surface area contributed by atoms with Crippen LogP contribution in [0.4, 0.5) is 5.69 Å². The van der Waals surface area contributed by atoms with E-state index in [1.54, 1.807) is 14.2 Å². The van der Waals surface area contributed by atoms with Crippen molar-refractivity contribution in [3.8, 4) is 17.2 Å². The highest BCUT2D eigenvalue weighted by Gasteiger charge is 2.31. The number of amides is 1. The number of nitrogens with one attached hydrogen (secondary N) is 1. The SMILES string of the molecule is CCOc1ccc(NC(=O)CN(Cc2cc(OC)ccc2OC)C2CC2)cc1. The Morgan fingerprint density at radius 1 is 1.07 bits per heavy atom. The maximum atomic E-state index is 12.6. The molecular formula is C22H28N2O4. The largest absolute Gasteiger partial charge is 0.497 e. The standard InChI is InChI=1S/C22H28N2O4/c1-4-28-19-9-5-17(6-10-19)23-22(25)15-24(18-7-8-18)14-16-13-20(26-2)11-12-21(16)27-3/h5-6,9-13,18H,4,7-8,14-15H2,1-3H3,(H,23,25). The van der Waals surface area contributed by atoms with Crippen LogP contribution in [0.25, 0.3) is 0 Å². The summed E-state index contributed by atoms with van der Waals surface area (Å²) in [4.78, 5) is 14.8. The fraction of sp³-hybridized carbons (Fsp3) is 0.409. The number of anilines is 1. The van der Waals surface area contributed by atoms with Gasteiger partial charge in [0.2, 0.25) is 5.91 Å². The lowest BCUT2D eigenvalue weighted by Gasteiger charge is -2.23.